The maximum atomic E-state index is 13.0. The Morgan fingerprint density at radius 1 is 1.26 bits per heavy atom. The van der Waals surface area contributed by atoms with Gasteiger partial charge in [0.1, 0.15) is 17.2 Å². The number of aromatic nitrogens is 5. The van der Waals surface area contributed by atoms with E-state index in [0.717, 1.165) is 79.6 Å². The van der Waals surface area contributed by atoms with Crippen LogP contribution in [0.15, 0.2) is 22.9 Å². The number of carbonyl (C=O) groups excluding carboxylic acids is 1. The molecule has 8 rings (SSSR count). The predicted molar refractivity (Wildman–Crippen MR) is 183 cm³/mol. The third kappa shape index (κ3) is 5.54. The number of likely N-dealkylation sites (N-methyl/N-ethyl adjacent to an activating group) is 1. The molecule has 15 heteroatoms. The Morgan fingerprint density at radius 3 is 2.88 bits per heavy atom. The third-order valence-electron chi connectivity index (χ3n) is 10.8. The third-order valence-corrected chi connectivity index (χ3v) is 11.9. The van der Waals surface area contributed by atoms with E-state index in [4.69, 9.17) is 39.6 Å². The van der Waals surface area contributed by atoms with Gasteiger partial charge < -0.3 is 29.8 Å². The monoisotopic (exact) mass is 699 g/mol. The molecule has 2 aliphatic carbocycles. The fraction of sp³-hybridized carbons (Fsp3) is 0.543. The molecule has 50 heavy (non-hydrogen) atoms. The van der Waals surface area contributed by atoms with E-state index < -0.39 is 5.41 Å². The molecule has 1 amide bonds. The van der Waals surface area contributed by atoms with Crippen LogP contribution in [-0.2, 0) is 27.7 Å². The number of nitrogens with two attached hydrogens (primary N) is 1. The maximum absolute atomic E-state index is 13.0. The van der Waals surface area contributed by atoms with E-state index in [1.54, 1.807) is 30.1 Å². The molecule has 2 saturated heterocycles. The van der Waals surface area contributed by atoms with Crippen LogP contribution in [0.3, 0.4) is 0 Å². The van der Waals surface area contributed by atoms with Crippen LogP contribution in [0.5, 0.6) is 5.88 Å². The first-order chi connectivity index (χ1) is 24.3. The molecule has 0 aromatic carbocycles. The number of nitrogens with one attached hydrogen (secondary N) is 1. The molecule has 0 unspecified atom stereocenters. The number of fused-ring (bicyclic) bond motifs is 4. The Hall–Kier alpha value is -4.36. The largest absolute Gasteiger partial charge is 0.473 e. The Kier molecular flexibility index (Phi) is 8.58. The van der Waals surface area contributed by atoms with Gasteiger partial charge in [-0.25, -0.2) is 9.67 Å². The lowest BCUT2D eigenvalue weighted by Gasteiger charge is -2.39. The minimum Gasteiger partial charge on any atom is -0.473 e. The van der Waals surface area contributed by atoms with E-state index in [0.29, 0.717) is 47.1 Å². The molecule has 4 aromatic heterocycles. The van der Waals surface area contributed by atoms with Gasteiger partial charge in [-0.05, 0) is 77.0 Å². The van der Waals surface area contributed by atoms with Crippen LogP contribution in [-0.4, -0.2) is 93.9 Å². The van der Waals surface area contributed by atoms with Gasteiger partial charge in [0.05, 0.1) is 36.1 Å². The van der Waals surface area contributed by atoms with Gasteiger partial charge in [-0.3, -0.25) is 9.69 Å². The Balaban J connectivity index is 1.19. The van der Waals surface area contributed by atoms with Crippen LogP contribution < -0.4 is 15.8 Å². The molecule has 0 saturated carbocycles. The average Bonchev–Trinajstić information content (AvgIpc) is 3.95. The first-order valence-corrected chi connectivity index (χ1v) is 18.2. The smallest absolute Gasteiger partial charge is 0.272 e. The van der Waals surface area contributed by atoms with Gasteiger partial charge in [-0.2, -0.15) is 15.3 Å². The number of nitriles is 1. The lowest BCUT2D eigenvalue weighted by Crippen LogP contribution is -2.44. The molecule has 14 nitrogen and oxygen atoms in total. The van der Waals surface area contributed by atoms with Gasteiger partial charge in [0.2, 0.25) is 17.5 Å². The van der Waals surface area contributed by atoms with Crippen molar-refractivity contribution in [2.24, 2.45) is 0 Å². The second-order valence-corrected chi connectivity index (χ2v) is 14.9. The quantitative estimate of drug-likeness (QED) is 0.272. The van der Waals surface area contributed by atoms with E-state index in [9.17, 15) is 10.1 Å². The van der Waals surface area contributed by atoms with Crippen molar-refractivity contribution in [2.45, 2.75) is 88.0 Å². The molecule has 5 atom stereocenters. The van der Waals surface area contributed by atoms with Crippen LogP contribution in [0.25, 0.3) is 17.4 Å². The molecule has 262 valence electrons. The highest BCUT2D eigenvalue weighted by atomic mass is 32.1. The van der Waals surface area contributed by atoms with Crippen molar-refractivity contribution in [1.29, 1.82) is 5.26 Å². The summed E-state index contributed by atoms with van der Waals surface area (Å²) < 4.78 is 25.5. The number of thiophene rings is 1. The number of aryl methyl sites for hydroxylation is 1. The summed E-state index contributed by atoms with van der Waals surface area (Å²) in [7, 11) is 3.80. The van der Waals surface area contributed by atoms with E-state index in [1.807, 2.05) is 6.92 Å². The molecule has 2 fully saturated rings. The lowest BCUT2D eigenvalue weighted by molar-refractivity contribution is 0.0174. The minimum absolute atomic E-state index is 0.0206. The van der Waals surface area contributed by atoms with Crippen molar-refractivity contribution in [3.63, 3.8) is 0 Å². The molecule has 0 radical (unpaired) electrons. The van der Waals surface area contributed by atoms with Gasteiger partial charge >= 0.3 is 0 Å². The molecule has 0 bridgehead atoms. The Morgan fingerprint density at radius 2 is 2.10 bits per heavy atom. The summed E-state index contributed by atoms with van der Waals surface area (Å²) in [5, 5.41) is 23.0. The topological polar surface area (TPSA) is 179 Å². The molecule has 6 heterocycles. The zero-order valence-corrected chi connectivity index (χ0v) is 29.3. The van der Waals surface area contributed by atoms with Crippen LogP contribution in [0.2, 0.25) is 0 Å². The van der Waals surface area contributed by atoms with Crippen LogP contribution in [0.1, 0.15) is 83.2 Å². The number of ether oxygens (including phenoxy) is 3. The van der Waals surface area contributed by atoms with Gasteiger partial charge in [0.15, 0.2) is 11.5 Å². The first-order valence-electron chi connectivity index (χ1n) is 17.3. The summed E-state index contributed by atoms with van der Waals surface area (Å²) in [5.41, 5.74) is 9.53. The number of anilines is 1. The second-order valence-electron chi connectivity index (χ2n) is 13.8. The molecule has 4 aliphatic rings. The molecule has 4 aromatic rings. The van der Waals surface area contributed by atoms with Crippen LogP contribution in [0.4, 0.5) is 5.00 Å². The second kappa shape index (κ2) is 13.1. The minimum atomic E-state index is -0.454. The van der Waals surface area contributed by atoms with E-state index >= 15 is 0 Å². The fourth-order valence-corrected chi connectivity index (χ4v) is 9.68. The van der Waals surface area contributed by atoms with Crippen molar-refractivity contribution in [3.05, 3.63) is 51.3 Å². The summed E-state index contributed by atoms with van der Waals surface area (Å²) in [5.74, 6) is 1.25. The molecular formula is C35H41N9O5S. The normalized spacial score (nSPS) is 25.3. The van der Waals surface area contributed by atoms with Gasteiger partial charge in [0, 0.05) is 48.4 Å². The molecule has 3 N–H and O–H groups in total. The zero-order valence-electron chi connectivity index (χ0n) is 28.5. The molecular weight excluding hydrogens is 659 g/mol. The number of methoxy groups -OCH3 is 1. The number of hydrogen-bond acceptors (Lipinski definition) is 13. The van der Waals surface area contributed by atoms with Crippen LogP contribution in [0, 0.1) is 11.3 Å². The summed E-state index contributed by atoms with van der Waals surface area (Å²) in [6, 6.07) is 5.75. The Labute approximate surface area is 293 Å². The predicted octanol–water partition coefficient (Wildman–Crippen LogP) is 3.80. The number of likely N-dealkylation sites (tertiary alicyclic amines) is 1. The van der Waals surface area contributed by atoms with E-state index in [2.05, 4.69) is 28.4 Å². The number of carbonyl (C=O) groups is 1. The van der Waals surface area contributed by atoms with Gasteiger partial charge in [0.25, 0.3) is 5.91 Å². The lowest BCUT2D eigenvalue weighted by atomic mass is 9.62. The van der Waals surface area contributed by atoms with Gasteiger partial charge in [-0.1, -0.05) is 5.16 Å². The Bertz CT molecular complexity index is 1960. The number of nitrogens with zero attached hydrogens (tertiary/aromatic N) is 7. The van der Waals surface area contributed by atoms with Crippen molar-refractivity contribution in [2.75, 3.05) is 39.6 Å². The highest BCUT2D eigenvalue weighted by Gasteiger charge is 2.48. The van der Waals surface area contributed by atoms with Crippen molar-refractivity contribution in [1.82, 2.24) is 35.1 Å². The maximum Gasteiger partial charge on any atom is 0.272 e. The van der Waals surface area contributed by atoms with Gasteiger partial charge in [-0.15, -0.1) is 11.3 Å². The number of rotatable bonds is 8. The summed E-state index contributed by atoms with van der Waals surface area (Å²) in [6.07, 6.45) is 8.34. The number of nitrogen functional groups attached to an aromatic ring is 1. The number of amides is 1. The van der Waals surface area contributed by atoms with Crippen molar-refractivity contribution in [3.8, 4) is 29.4 Å². The van der Waals surface area contributed by atoms with Crippen molar-refractivity contribution < 1.29 is 23.5 Å². The molecule has 1 spiro atoms. The summed E-state index contributed by atoms with van der Waals surface area (Å²) in [6.45, 7) is 4.03. The van der Waals surface area contributed by atoms with E-state index in [1.165, 1.54) is 11.3 Å². The highest BCUT2D eigenvalue weighted by molar-refractivity contribution is 7.16. The number of hydrogen-bond donors (Lipinski definition) is 2. The average molecular weight is 700 g/mol. The molecule has 2 aliphatic heterocycles. The van der Waals surface area contributed by atoms with Crippen LogP contribution >= 0.6 is 11.3 Å². The van der Waals surface area contributed by atoms with Crippen molar-refractivity contribution >= 4 is 22.2 Å². The first kappa shape index (κ1) is 32.8. The highest BCUT2D eigenvalue weighted by Crippen LogP contribution is 2.54. The summed E-state index contributed by atoms with van der Waals surface area (Å²) >= 11 is 1.52. The zero-order chi connectivity index (χ0) is 34.6. The fourth-order valence-electron chi connectivity index (χ4n) is 8.52. The summed E-state index contributed by atoms with van der Waals surface area (Å²) in [4.78, 5) is 26.2. The SMILES string of the molecule is CO[C@H]1CCN(C)[C@@H]1[C@H](C)Oc1cc(-n2ccc(C(=O)N[C@@H]3CCOC3)n2)nc(-c2onc3c2CCC[C@@]32CCCc3sc(N)c(C#N)c32)n1. The van der Waals surface area contributed by atoms with E-state index in [-0.39, 0.29) is 35.9 Å². The standard InChI is InChI=1S/C35H41N9O5S/c1-19(29-24(46-3)9-13-43(29)2)48-27-16-26(44-14-8-23(41-44)34(45)38-20-10-15-47-18-20)39-33(40-27)30-21-6-4-11-35(31(21)42-49-30)12-5-7-25-28(35)22(17-36)32(37)50-25/h8,14,16,19-20,24,29H,4-7,9-13,15,18,37H2,1-3H3,(H,38,45)/t19-,20+,24-,29+,35-/m0/s1.